The number of hydrogen-bond donors (Lipinski definition) is 1. The Bertz CT molecular complexity index is 4450. The quantitative estimate of drug-likeness (QED) is 0.0937. The number of aliphatic hydroxyl groups excluding tert-OH is 1. The van der Waals surface area contributed by atoms with Crippen LogP contribution in [0.4, 0.5) is 4.39 Å². The van der Waals surface area contributed by atoms with Gasteiger partial charge in [0.15, 0.2) is 6.29 Å². The summed E-state index contributed by atoms with van der Waals surface area (Å²) >= 11 is 0. The van der Waals surface area contributed by atoms with Crippen LogP contribution in [0.5, 0.6) is 17.2 Å². The smallest absolute Gasteiger partial charge is 0.261 e. The molecule has 21 heteroatoms. The maximum absolute atomic E-state index is 13.6. The summed E-state index contributed by atoms with van der Waals surface area (Å²) in [6.45, 7) is 10.7. The fourth-order valence-corrected chi connectivity index (χ4v) is 10.8. The van der Waals surface area contributed by atoms with E-state index in [-0.39, 0.29) is 54.0 Å². The van der Waals surface area contributed by atoms with Crippen molar-refractivity contribution >= 4 is 39.0 Å². The zero-order valence-electron chi connectivity index (χ0n) is 49.2. The molecule has 0 atom stereocenters. The highest BCUT2D eigenvalue weighted by Gasteiger charge is 2.23. The molecule has 87 heavy (non-hydrogen) atoms. The summed E-state index contributed by atoms with van der Waals surface area (Å²) in [6.07, 6.45) is 5.60. The Hall–Kier alpha value is -10.7. The van der Waals surface area contributed by atoms with E-state index in [1.54, 1.807) is 85.5 Å². The lowest BCUT2D eigenvalue weighted by molar-refractivity contribution is 0.112. The van der Waals surface area contributed by atoms with Gasteiger partial charge in [-0.05, 0) is 125 Å². The van der Waals surface area contributed by atoms with Crippen LogP contribution in [0.15, 0.2) is 156 Å². The van der Waals surface area contributed by atoms with Gasteiger partial charge in [-0.3, -0.25) is 34.1 Å². The summed E-state index contributed by atoms with van der Waals surface area (Å²) in [6, 6.07) is 32.6. The molecule has 0 aliphatic heterocycles. The number of rotatable bonds is 15. The van der Waals surface area contributed by atoms with Gasteiger partial charge in [-0.1, -0.05) is 33.7 Å². The second kappa shape index (κ2) is 25.7. The number of carbonyl (C=O) groups excluding carboxylic acids is 1. The topological polar surface area (TPSA) is 248 Å². The summed E-state index contributed by atoms with van der Waals surface area (Å²) in [5.74, 6) is 3.78. The van der Waals surface area contributed by atoms with Gasteiger partial charge in [-0.25, -0.2) is 4.39 Å². The number of carbonyl (C=O) groups is 1. The second-order valence-corrected chi connectivity index (χ2v) is 20.4. The number of aldehydes is 1. The molecule has 0 saturated carbocycles. The van der Waals surface area contributed by atoms with E-state index >= 15 is 0 Å². The molecule has 12 rings (SSSR count). The number of alkyl halides is 1. The molecule has 0 saturated heterocycles. The van der Waals surface area contributed by atoms with Gasteiger partial charge in [0.05, 0.1) is 121 Å². The van der Waals surface area contributed by atoms with Gasteiger partial charge in [0.1, 0.15) is 41.2 Å². The van der Waals surface area contributed by atoms with Crippen LogP contribution in [0.25, 0.3) is 66.1 Å². The Labute approximate surface area is 496 Å². The molecule has 0 aliphatic rings. The van der Waals surface area contributed by atoms with E-state index in [2.05, 4.69) is 30.4 Å². The largest absolute Gasteiger partial charge is 0.496 e. The van der Waals surface area contributed by atoms with Crippen molar-refractivity contribution in [1.29, 1.82) is 0 Å². The molecule has 0 aliphatic carbocycles. The van der Waals surface area contributed by atoms with Crippen molar-refractivity contribution in [2.24, 2.45) is 0 Å². The molecule has 0 fully saturated rings. The van der Waals surface area contributed by atoms with Crippen LogP contribution in [0, 0.1) is 41.5 Å². The van der Waals surface area contributed by atoms with Crippen molar-refractivity contribution in [3.05, 3.63) is 227 Å². The highest BCUT2D eigenvalue weighted by Crippen LogP contribution is 2.41. The van der Waals surface area contributed by atoms with E-state index in [4.69, 9.17) is 27.8 Å². The van der Waals surface area contributed by atoms with Crippen LogP contribution in [0.3, 0.4) is 0 Å². The number of methoxy groups -OCH3 is 3. The lowest BCUT2D eigenvalue weighted by Gasteiger charge is -2.16. The highest BCUT2D eigenvalue weighted by molar-refractivity contribution is 5.94. The number of ether oxygens (including phenoxy) is 3. The van der Waals surface area contributed by atoms with Gasteiger partial charge in [0.2, 0.25) is 0 Å². The number of nitrogens with zero attached hydrogens (tertiary/aromatic N) is 9. The summed E-state index contributed by atoms with van der Waals surface area (Å²) in [4.78, 5) is 63.2. The maximum Gasteiger partial charge on any atom is 0.261 e. The van der Waals surface area contributed by atoms with Gasteiger partial charge in [0, 0.05) is 70.0 Å². The van der Waals surface area contributed by atoms with Gasteiger partial charge >= 0.3 is 0 Å². The monoisotopic (exact) mass is 1170 g/mol. The van der Waals surface area contributed by atoms with Crippen molar-refractivity contribution in [2.45, 2.75) is 74.5 Å². The predicted octanol–water partition coefficient (Wildman–Crippen LogP) is 11.0. The first kappa shape index (κ1) is 59.5. The predicted molar refractivity (Wildman–Crippen MR) is 325 cm³/mol. The van der Waals surface area contributed by atoms with E-state index in [1.807, 2.05) is 114 Å². The summed E-state index contributed by atoms with van der Waals surface area (Å²) < 4.78 is 51.1. The van der Waals surface area contributed by atoms with Crippen LogP contribution < -0.4 is 30.9 Å². The van der Waals surface area contributed by atoms with Gasteiger partial charge in [-0.15, -0.1) is 0 Å². The van der Waals surface area contributed by atoms with Crippen LogP contribution >= 0.6 is 0 Å². The van der Waals surface area contributed by atoms with Crippen molar-refractivity contribution < 1.29 is 42.1 Å². The number of pyridine rings is 6. The molecule has 0 bridgehead atoms. The molecule has 3 aromatic carbocycles. The third kappa shape index (κ3) is 11.9. The molecule has 0 radical (unpaired) electrons. The molecule has 0 unspecified atom stereocenters. The first-order valence-corrected chi connectivity index (χ1v) is 27.5. The zero-order chi connectivity index (χ0) is 61.6. The molecule has 0 spiro atoms. The van der Waals surface area contributed by atoms with Crippen molar-refractivity contribution in [3.8, 4) is 50.6 Å². The van der Waals surface area contributed by atoms with Crippen LogP contribution in [0.2, 0.25) is 0 Å². The number of aliphatic hydroxyl groups is 1. The van der Waals surface area contributed by atoms with Crippen LogP contribution in [-0.4, -0.2) is 76.8 Å². The van der Waals surface area contributed by atoms with Gasteiger partial charge in [-0.2, -0.15) is 0 Å². The third-order valence-corrected chi connectivity index (χ3v) is 14.9. The van der Waals surface area contributed by atoms with E-state index in [0.717, 1.165) is 72.3 Å². The van der Waals surface area contributed by atoms with Crippen molar-refractivity contribution in [3.63, 3.8) is 0 Å². The fraction of sp³-hybridized carbons (Fsp3) is 0.212. The number of fused-ring (bicyclic) bond motifs is 3. The minimum atomic E-state index is -0.844. The van der Waals surface area contributed by atoms with E-state index in [9.17, 15) is 28.7 Å². The molecule has 20 nitrogen and oxygen atoms in total. The lowest BCUT2D eigenvalue weighted by atomic mass is 9.99. The fourth-order valence-electron chi connectivity index (χ4n) is 10.8. The van der Waals surface area contributed by atoms with Crippen molar-refractivity contribution in [2.75, 3.05) is 21.3 Å². The normalized spacial score (nSPS) is 11.1. The molecule has 0 amide bonds. The molecular formula is C66H60FN9O11. The third-order valence-electron chi connectivity index (χ3n) is 14.9. The molecule has 9 aromatic heterocycles. The number of aromatic nitrogens is 9. The number of benzene rings is 3. The molecule has 12 aromatic rings. The molecule has 1 N–H and O–H groups in total. The van der Waals surface area contributed by atoms with E-state index < -0.39 is 6.67 Å². The second-order valence-electron chi connectivity index (χ2n) is 20.4. The van der Waals surface area contributed by atoms with Gasteiger partial charge in [0.25, 0.3) is 16.7 Å². The highest BCUT2D eigenvalue weighted by atomic mass is 19.1. The Morgan fingerprint density at radius 3 is 1.13 bits per heavy atom. The minimum absolute atomic E-state index is 0.0864. The standard InChI is InChI=1S/C22H20FN3O3.C22H21N3O4.C22H19N3O4/c1-13-21(14(2)29-25-13)18-9-15-8-16(11-23)22(27)26(19(15)10-20(18)28-3)12-17-6-4-5-7-24-17;2*1-13-21(14(2)29-24-13)18-9-15-8-16(12-26)22(27)25(19(15)10-20(18)28-3)11-17-6-4-5-7-23-17/h4-10H,11-12H2,1-3H3;4-10,26H,11-12H2,1-3H3;4-10,12H,11H2,1-3H3. The average Bonchev–Trinajstić information content (AvgIpc) is 2.01. The zero-order valence-corrected chi connectivity index (χ0v) is 49.2. The van der Waals surface area contributed by atoms with E-state index in [0.29, 0.717) is 74.3 Å². The Morgan fingerprint density at radius 1 is 0.483 bits per heavy atom. The SMILES string of the molecule is COc1cc2c(cc1-c1c(C)noc1C)cc(C=O)c(=O)n2Cc1ccccn1.COc1cc2c(cc1-c1c(C)noc1C)cc(CF)c(=O)n2Cc1ccccn1.COc1cc2c(cc1-c1c(C)noc1C)cc(CO)c(=O)n2Cc1ccccn1. The first-order chi connectivity index (χ1) is 42.1. The number of halogens is 1. The Kier molecular flexibility index (Phi) is 17.6. The van der Waals surface area contributed by atoms with Crippen molar-refractivity contribution in [1.82, 2.24) is 44.1 Å². The maximum atomic E-state index is 13.6. The van der Waals surface area contributed by atoms with Crippen LogP contribution in [0.1, 0.15) is 72.9 Å². The summed E-state index contributed by atoms with van der Waals surface area (Å²) in [7, 11) is 4.73. The minimum Gasteiger partial charge on any atom is -0.496 e. The van der Waals surface area contributed by atoms with E-state index in [1.165, 1.54) is 4.57 Å². The average molecular weight is 1170 g/mol. The molecule has 442 valence electrons. The summed E-state index contributed by atoms with van der Waals surface area (Å²) in [5, 5.41) is 24.1. The molecule has 9 heterocycles. The number of aryl methyl sites for hydroxylation is 6. The number of hydrogen-bond acceptors (Lipinski definition) is 17. The Balaban J connectivity index is 0.000000144. The molecular weight excluding hydrogens is 1110 g/mol. The van der Waals surface area contributed by atoms with Crippen LogP contribution in [-0.2, 0) is 32.9 Å². The first-order valence-electron chi connectivity index (χ1n) is 27.5. The van der Waals surface area contributed by atoms with Gasteiger partial charge < -0.3 is 46.6 Å². The lowest BCUT2D eigenvalue weighted by Crippen LogP contribution is -2.25. The summed E-state index contributed by atoms with van der Waals surface area (Å²) in [5.41, 5.74) is 10.8. The Morgan fingerprint density at radius 2 is 0.828 bits per heavy atom.